The molecule has 3 heterocycles. The van der Waals surface area contributed by atoms with E-state index in [4.69, 9.17) is 14.3 Å². The molecular formula is C20H19N3O5S. The van der Waals surface area contributed by atoms with Gasteiger partial charge in [0.05, 0.1) is 36.9 Å². The van der Waals surface area contributed by atoms with E-state index in [0.29, 0.717) is 32.0 Å². The van der Waals surface area contributed by atoms with Crippen LogP contribution in [0, 0.1) is 0 Å². The van der Waals surface area contributed by atoms with E-state index in [9.17, 15) is 9.59 Å². The maximum atomic E-state index is 11.8. The fraction of sp³-hybridized carbons (Fsp3) is 0.250. The molecule has 0 radical (unpaired) electrons. The number of hydroxylamine groups is 2. The van der Waals surface area contributed by atoms with Gasteiger partial charge < -0.3 is 14.3 Å². The van der Waals surface area contributed by atoms with Crippen LogP contribution >= 0.6 is 11.3 Å². The number of aromatic nitrogens is 2. The van der Waals surface area contributed by atoms with E-state index in [2.05, 4.69) is 4.98 Å². The molecule has 1 aromatic carbocycles. The zero-order valence-electron chi connectivity index (χ0n) is 15.5. The summed E-state index contributed by atoms with van der Waals surface area (Å²) in [5.41, 5.74) is 1.76. The normalized spacial score (nSPS) is 15.0. The standard InChI is InChI=1S/C20H19N3O5S/c24-18(6-7-19(25)28-23-8-10-26-11-9-23)27-14-16-12-22-13-17(29-20(22)21-16)15-4-2-1-3-5-15/h1-7,12-13H,8-11,14H2/b7-6-. The van der Waals surface area contributed by atoms with Crippen LogP contribution in [0.15, 0.2) is 54.9 Å². The molecule has 0 saturated carbocycles. The van der Waals surface area contributed by atoms with Crippen molar-refractivity contribution >= 4 is 28.2 Å². The second-order valence-corrected chi connectivity index (χ2v) is 7.29. The van der Waals surface area contributed by atoms with Gasteiger partial charge in [-0.1, -0.05) is 41.7 Å². The number of ether oxygens (including phenoxy) is 2. The molecule has 3 aromatic rings. The summed E-state index contributed by atoms with van der Waals surface area (Å²) in [6.07, 6.45) is 5.92. The Balaban J connectivity index is 1.28. The van der Waals surface area contributed by atoms with Crippen LogP contribution in [0.5, 0.6) is 0 Å². The van der Waals surface area contributed by atoms with Crippen molar-refractivity contribution in [1.29, 1.82) is 0 Å². The van der Waals surface area contributed by atoms with E-state index in [1.807, 2.05) is 47.1 Å². The van der Waals surface area contributed by atoms with Gasteiger partial charge in [-0.15, -0.1) is 5.06 Å². The average Bonchev–Trinajstić information content (AvgIpc) is 3.31. The Bertz CT molecular complexity index is 990. The molecule has 8 nitrogen and oxygen atoms in total. The number of carbonyl (C=O) groups excluding carboxylic acids is 2. The molecule has 0 N–H and O–H groups in total. The number of nitrogens with zero attached hydrogens (tertiary/aromatic N) is 3. The average molecular weight is 413 g/mol. The first-order chi connectivity index (χ1) is 14.2. The number of fused-ring (bicyclic) bond motifs is 1. The Morgan fingerprint density at radius 2 is 1.86 bits per heavy atom. The lowest BCUT2D eigenvalue weighted by molar-refractivity contribution is -0.199. The van der Waals surface area contributed by atoms with Gasteiger partial charge in [0.2, 0.25) is 0 Å². The van der Waals surface area contributed by atoms with Crippen molar-refractivity contribution in [2.75, 3.05) is 26.3 Å². The highest BCUT2D eigenvalue weighted by atomic mass is 32.1. The third-order valence-electron chi connectivity index (χ3n) is 4.17. The van der Waals surface area contributed by atoms with Gasteiger partial charge in [0.1, 0.15) is 6.61 Å². The maximum absolute atomic E-state index is 11.8. The van der Waals surface area contributed by atoms with Crippen LogP contribution in [0.3, 0.4) is 0 Å². The minimum absolute atomic E-state index is 0.0246. The fourth-order valence-electron chi connectivity index (χ4n) is 2.77. The number of esters is 1. The van der Waals surface area contributed by atoms with Crippen LogP contribution in [0.1, 0.15) is 5.69 Å². The molecule has 9 heteroatoms. The van der Waals surface area contributed by atoms with Crippen molar-refractivity contribution in [1.82, 2.24) is 14.4 Å². The van der Waals surface area contributed by atoms with Gasteiger partial charge in [-0.25, -0.2) is 14.6 Å². The Labute approximate surface area is 170 Å². The topological polar surface area (TPSA) is 82.4 Å². The largest absolute Gasteiger partial charge is 0.456 e. The Kier molecular flexibility index (Phi) is 5.99. The molecule has 4 rings (SSSR count). The van der Waals surface area contributed by atoms with Gasteiger partial charge >= 0.3 is 11.9 Å². The summed E-state index contributed by atoms with van der Waals surface area (Å²) >= 11 is 1.56. The fourth-order valence-corrected chi connectivity index (χ4v) is 3.77. The molecule has 0 amide bonds. The molecule has 2 aromatic heterocycles. The molecule has 1 aliphatic rings. The van der Waals surface area contributed by atoms with Gasteiger partial charge in [0.25, 0.3) is 0 Å². The molecule has 0 aliphatic carbocycles. The lowest BCUT2D eigenvalue weighted by Gasteiger charge is -2.24. The van der Waals surface area contributed by atoms with Crippen LogP contribution in [0.2, 0.25) is 0 Å². The molecule has 0 atom stereocenters. The second-order valence-electron chi connectivity index (χ2n) is 6.28. The number of carbonyl (C=O) groups is 2. The highest BCUT2D eigenvalue weighted by Gasteiger charge is 2.14. The number of imidazole rings is 1. The summed E-state index contributed by atoms with van der Waals surface area (Å²) < 4.78 is 12.2. The molecule has 150 valence electrons. The smallest absolute Gasteiger partial charge is 0.349 e. The molecule has 0 spiro atoms. The third kappa shape index (κ3) is 5.08. The van der Waals surface area contributed by atoms with E-state index >= 15 is 0 Å². The van der Waals surface area contributed by atoms with Gasteiger partial charge in [-0.3, -0.25) is 4.40 Å². The summed E-state index contributed by atoms with van der Waals surface area (Å²) in [5, 5.41) is 1.50. The first-order valence-corrected chi connectivity index (χ1v) is 9.91. The van der Waals surface area contributed by atoms with Crippen LogP contribution in [-0.2, 0) is 30.5 Å². The molecule has 1 saturated heterocycles. The van der Waals surface area contributed by atoms with E-state index in [-0.39, 0.29) is 6.61 Å². The summed E-state index contributed by atoms with van der Waals surface area (Å²) in [6.45, 7) is 2.06. The SMILES string of the molecule is O=C(/C=C\C(=O)ON1CCOCC1)OCc1cn2cc(-c3ccccc3)sc2n1. The lowest BCUT2D eigenvalue weighted by atomic mass is 10.2. The van der Waals surface area contributed by atoms with Gasteiger partial charge in [0, 0.05) is 24.5 Å². The van der Waals surface area contributed by atoms with Crippen molar-refractivity contribution in [3.63, 3.8) is 0 Å². The van der Waals surface area contributed by atoms with Crippen LogP contribution in [0.4, 0.5) is 0 Å². The molecule has 0 bridgehead atoms. The number of thiazole rings is 1. The zero-order chi connectivity index (χ0) is 20.1. The van der Waals surface area contributed by atoms with Gasteiger partial charge in [0.15, 0.2) is 4.96 Å². The Morgan fingerprint density at radius 1 is 1.10 bits per heavy atom. The molecular weight excluding hydrogens is 394 g/mol. The molecule has 1 fully saturated rings. The van der Waals surface area contributed by atoms with Gasteiger partial charge in [-0.2, -0.15) is 0 Å². The zero-order valence-corrected chi connectivity index (χ0v) is 16.3. The van der Waals surface area contributed by atoms with Crippen LogP contribution in [-0.4, -0.2) is 52.7 Å². The highest BCUT2D eigenvalue weighted by Crippen LogP contribution is 2.28. The second kappa shape index (κ2) is 8.99. The Hall–Kier alpha value is -3.01. The minimum Gasteiger partial charge on any atom is -0.456 e. The molecule has 29 heavy (non-hydrogen) atoms. The van der Waals surface area contributed by atoms with Crippen LogP contribution < -0.4 is 0 Å². The van der Waals surface area contributed by atoms with Gasteiger partial charge in [-0.05, 0) is 5.56 Å². The van der Waals surface area contributed by atoms with E-state index < -0.39 is 11.9 Å². The van der Waals surface area contributed by atoms with Crippen molar-refractivity contribution in [3.05, 3.63) is 60.6 Å². The third-order valence-corrected chi connectivity index (χ3v) is 5.22. The van der Waals surface area contributed by atoms with Crippen molar-refractivity contribution in [3.8, 4) is 10.4 Å². The monoisotopic (exact) mass is 413 g/mol. The highest BCUT2D eigenvalue weighted by molar-refractivity contribution is 7.20. The maximum Gasteiger partial charge on any atom is 0.349 e. The quantitative estimate of drug-likeness (QED) is 0.453. The summed E-state index contributed by atoms with van der Waals surface area (Å²) in [7, 11) is 0. The van der Waals surface area contributed by atoms with Crippen molar-refractivity contribution < 1.29 is 23.9 Å². The lowest BCUT2D eigenvalue weighted by Crippen LogP contribution is -2.37. The van der Waals surface area contributed by atoms with Crippen LogP contribution in [0.25, 0.3) is 15.4 Å². The summed E-state index contributed by atoms with van der Waals surface area (Å²) in [5.74, 6) is -1.26. The first kappa shape index (κ1) is 19.3. The van der Waals surface area contributed by atoms with E-state index in [0.717, 1.165) is 27.6 Å². The number of hydrogen-bond acceptors (Lipinski definition) is 8. The summed E-state index contributed by atoms with van der Waals surface area (Å²) in [6, 6.07) is 10.1. The minimum atomic E-state index is -0.634. The van der Waals surface area contributed by atoms with E-state index in [1.165, 1.54) is 5.06 Å². The summed E-state index contributed by atoms with van der Waals surface area (Å²) in [4.78, 5) is 35.0. The van der Waals surface area contributed by atoms with Crippen molar-refractivity contribution in [2.45, 2.75) is 6.61 Å². The molecule has 1 aliphatic heterocycles. The van der Waals surface area contributed by atoms with Crippen molar-refractivity contribution in [2.24, 2.45) is 0 Å². The predicted octanol–water partition coefficient (Wildman–Crippen LogP) is 2.45. The first-order valence-electron chi connectivity index (χ1n) is 9.10. The predicted molar refractivity (Wildman–Crippen MR) is 106 cm³/mol. The number of rotatable bonds is 6. The number of morpholine rings is 1. The molecule has 0 unspecified atom stereocenters. The number of hydrogen-bond donors (Lipinski definition) is 0. The Morgan fingerprint density at radius 3 is 2.62 bits per heavy atom. The number of benzene rings is 1. The van der Waals surface area contributed by atoms with E-state index in [1.54, 1.807) is 11.3 Å².